The van der Waals surface area contributed by atoms with E-state index in [1.807, 2.05) is 11.8 Å². The summed E-state index contributed by atoms with van der Waals surface area (Å²) in [7, 11) is 3.35. The molecule has 0 atom stereocenters. The van der Waals surface area contributed by atoms with E-state index in [4.69, 9.17) is 9.47 Å². The molecule has 0 saturated carbocycles. The molecule has 0 spiro atoms. The third-order valence-electron chi connectivity index (χ3n) is 2.22. The summed E-state index contributed by atoms with van der Waals surface area (Å²) in [5.74, 6) is 3.86. The molecular formula is C10H12O2S. The first-order valence-corrected chi connectivity index (χ1v) is 5.32. The van der Waals surface area contributed by atoms with Gasteiger partial charge in [0.2, 0.25) is 0 Å². The normalized spacial score (nSPS) is 14.0. The van der Waals surface area contributed by atoms with Crippen molar-refractivity contribution in [3.05, 3.63) is 23.3 Å². The van der Waals surface area contributed by atoms with Crippen LogP contribution in [0.4, 0.5) is 0 Å². The summed E-state index contributed by atoms with van der Waals surface area (Å²) in [5.41, 5.74) is 2.75. The molecule has 0 unspecified atom stereocenters. The Morgan fingerprint density at radius 2 is 1.46 bits per heavy atom. The highest BCUT2D eigenvalue weighted by atomic mass is 32.2. The van der Waals surface area contributed by atoms with Gasteiger partial charge in [-0.1, -0.05) is 0 Å². The Bertz CT molecular complexity index is 292. The fourth-order valence-corrected chi connectivity index (χ4v) is 2.58. The number of benzene rings is 1. The van der Waals surface area contributed by atoms with Crippen molar-refractivity contribution in [2.24, 2.45) is 0 Å². The van der Waals surface area contributed by atoms with Crippen LogP contribution in [0.5, 0.6) is 11.5 Å². The topological polar surface area (TPSA) is 18.5 Å². The van der Waals surface area contributed by atoms with Crippen LogP contribution in [0, 0.1) is 0 Å². The van der Waals surface area contributed by atoms with E-state index in [-0.39, 0.29) is 0 Å². The lowest BCUT2D eigenvalue weighted by Crippen LogP contribution is -1.93. The predicted molar refractivity (Wildman–Crippen MR) is 54.5 cm³/mol. The first-order chi connectivity index (χ1) is 6.35. The minimum atomic E-state index is 0.837. The van der Waals surface area contributed by atoms with Gasteiger partial charge in [0.1, 0.15) is 0 Å². The van der Waals surface area contributed by atoms with E-state index in [0.29, 0.717) is 0 Å². The Kier molecular flexibility index (Phi) is 2.36. The summed E-state index contributed by atoms with van der Waals surface area (Å²) in [5, 5.41) is 0. The minimum absolute atomic E-state index is 0.837. The fraction of sp³-hybridized carbons (Fsp3) is 0.400. The van der Waals surface area contributed by atoms with Crippen molar-refractivity contribution >= 4 is 11.8 Å². The number of rotatable bonds is 2. The van der Waals surface area contributed by atoms with Crippen molar-refractivity contribution in [1.29, 1.82) is 0 Å². The van der Waals surface area contributed by atoms with Crippen LogP contribution in [0.25, 0.3) is 0 Å². The molecule has 0 N–H and O–H groups in total. The molecule has 0 aliphatic carbocycles. The zero-order valence-corrected chi connectivity index (χ0v) is 8.61. The molecule has 1 heterocycles. The number of ether oxygens (including phenoxy) is 2. The summed E-state index contributed by atoms with van der Waals surface area (Å²) in [6.07, 6.45) is 0. The van der Waals surface area contributed by atoms with Gasteiger partial charge in [0, 0.05) is 11.5 Å². The number of fused-ring (bicyclic) bond motifs is 1. The molecule has 1 aromatic carbocycles. The van der Waals surface area contributed by atoms with E-state index in [0.717, 1.165) is 23.0 Å². The average molecular weight is 196 g/mol. The van der Waals surface area contributed by atoms with Gasteiger partial charge in [-0.2, -0.15) is 11.8 Å². The van der Waals surface area contributed by atoms with Gasteiger partial charge in [-0.15, -0.1) is 0 Å². The number of thioether (sulfide) groups is 1. The van der Waals surface area contributed by atoms with Crippen LogP contribution in [0.15, 0.2) is 12.1 Å². The van der Waals surface area contributed by atoms with Crippen LogP contribution in [0.3, 0.4) is 0 Å². The van der Waals surface area contributed by atoms with Gasteiger partial charge in [-0.25, -0.2) is 0 Å². The highest BCUT2D eigenvalue weighted by Crippen LogP contribution is 2.37. The van der Waals surface area contributed by atoms with Gasteiger partial charge in [0.05, 0.1) is 14.2 Å². The summed E-state index contributed by atoms with van der Waals surface area (Å²) in [6, 6.07) is 4.16. The number of hydrogen-bond acceptors (Lipinski definition) is 3. The molecular weight excluding hydrogens is 184 g/mol. The second kappa shape index (κ2) is 3.50. The van der Waals surface area contributed by atoms with Crippen molar-refractivity contribution in [3.8, 4) is 11.5 Å². The smallest absolute Gasteiger partial charge is 0.161 e. The first-order valence-electron chi connectivity index (χ1n) is 4.16. The molecule has 13 heavy (non-hydrogen) atoms. The Labute approximate surface area is 82.2 Å². The highest BCUT2D eigenvalue weighted by molar-refractivity contribution is 7.98. The van der Waals surface area contributed by atoms with Crippen molar-refractivity contribution in [3.63, 3.8) is 0 Å². The molecule has 0 saturated heterocycles. The second-order valence-corrected chi connectivity index (χ2v) is 3.95. The Morgan fingerprint density at radius 1 is 1.00 bits per heavy atom. The standard InChI is InChI=1S/C10H12O2S/c1-11-9-3-7-5-13-6-8(7)4-10(9)12-2/h3-4H,5-6H2,1-2H3. The minimum Gasteiger partial charge on any atom is -0.493 e. The van der Waals surface area contributed by atoms with E-state index in [9.17, 15) is 0 Å². The van der Waals surface area contributed by atoms with Crippen LogP contribution < -0.4 is 9.47 Å². The molecule has 1 aromatic rings. The molecule has 0 aromatic heterocycles. The van der Waals surface area contributed by atoms with Crippen molar-refractivity contribution < 1.29 is 9.47 Å². The maximum Gasteiger partial charge on any atom is 0.161 e. The summed E-state index contributed by atoms with van der Waals surface area (Å²) in [6.45, 7) is 0. The molecule has 1 aliphatic rings. The molecule has 1 aliphatic heterocycles. The molecule has 70 valence electrons. The van der Waals surface area contributed by atoms with E-state index in [1.54, 1.807) is 14.2 Å². The van der Waals surface area contributed by atoms with E-state index in [2.05, 4.69) is 12.1 Å². The van der Waals surface area contributed by atoms with E-state index >= 15 is 0 Å². The average Bonchev–Trinajstić information content (AvgIpc) is 2.62. The van der Waals surface area contributed by atoms with Crippen LogP contribution in [-0.2, 0) is 11.5 Å². The monoisotopic (exact) mass is 196 g/mol. The molecule has 0 amide bonds. The maximum atomic E-state index is 5.23. The van der Waals surface area contributed by atoms with Gasteiger partial charge < -0.3 is 9.47 Å². The lowest BCUT2D eigenvalue weighted by atomic mass is 10.1. The summed E-state index contributed by atoms with van der Waals surface area (Å²) < 4.78 is 10.5. The molecule has 0 bridgehead atoms. The Balaban J connectivity index is 2.47. The van der Waals surface area contributed by atoms with Crippen LogP contribution in [0.1, 0.15) is 11.1 Å². The van der Waals surface area contributed by atoms with Crippen LogP contribution >= 0.6 is 11.8 Å². The Hall–Kier alpha value is -0.830. The van der Waals surface area contributed by atoms with Gasteiger partial charge in [0.15, 0.2) is 11.5 Å². The first kappa shape index (κ1) is 8.75. The quantitative estimate of drug-likeness (QED) is 0.724. The predicted octanol–water partition coefficient (Wildman–Crippen LogP) is 2.45. The molecule has 2 nitrogen and oxygen atoms in total. The lowest BCUT2D eigenvalue weighted by molar-refractivity contribution is 0.354. The highest BCUT2D eigenvalue weighted by Gasteiger charge is 2.15. The van der Waals surface area contributed by atoms with Gasteiger partial charge >= 0.3 is 0 Å². The molecule has 2 rings (SSSR count). The second-order valence-electron chi connectivity index (χ2n) is 2.97. The SMILES string of the molecule is COc1cc2c(cc1OC)CSC2. The molecule has 0 radical (unpaired) electrons. The largest absolute Gasteiger partial charge is 0.493 e. The van der Waals surface area contributed by atoms with Crippen molar-refractivity contribution in [1.82, 2.24) is 0 Å². The van der Waals surface area contributed by atoms with E-state index in [1.165, 1.54) is 11.1 Å². The van der Waals surface area contributed by atoms with Gasteiger partial charge in [-0.3, -0.25) is 0 Å². The maximum absolute atomic E-state index is 5.23. The Morgan fingerprint density at radius 3 is 1.85 bits per heavy atom. The van der Waals surface area contributed by atoms with Gasteiger partial charge in [-0.05, 0) is 23.3 Å². The summed E-state index contributed by atoms with van der Waals surface area (Å²) in [4.78, 5) is 0. The molecule has 3 heteroatoms. The number of hydrogen-bond donors (Lipinski definition) is 0. The van der Waals surface area contributed by atoms with Crippen LogP contribution in [0.2, 0.25) is 0 Å². The van der Waals surface area contributed by atoms with Crippen LogP contribution in [-0.4, -0.2) is 14.2 Å². The fourth-order valence-electron chi connectivity index (χ4n) is 1.50. The third-order valence-corrected chi connectivity index (χ3v) is 3.25. The van der Waals surface area contributed by atoms with Gasteiger partial charge in [0.25, 0.3) is 0 Å². The zero-order chi connectivity index (χ0) is 9.26. The van der Waals surface area contributed by atoms with Crippen molar-refractivity contribution in [2.75, 3.05) is 14.2 Å². The summed E-state index contributed by atoms with van der Waals surface area (Å²) >= 11 is 1.93. The zero-order valence-electron chi connectivity index (χ0n) is 7.79. The lowest BCUT2D eigenvalue weighted by Gasteiger charge is -2.09. The van der Waals surface area contributed by atoms with Crippen molar-refractivity contribution in [2.45, 2.75) is 11.5 Å². The van der Waals surface area contributed by atoms with E-state index < -0.39 is 0 Å². The molecule has 0 fully saturated rings. The third kappa shape index (κ3) is 1.48. The number of methoxy groups -OCH3 is 2.